The Morgan fingerprint density at radius 2 is 1.12 bits per heavy atom. The van der Waals surface area contributed by atoms with E-state index in [1.165, 1.54) is 77.0 Å². The molecule has 0 saturated heterocycles. The summed E-state index contributed by atoms with van der Waals surface area (Å²) in [5, 5.41) is 8.79. The van der Waals surface area contributed by atoms with Crippen molar-refractivity contribution in [3.05, 3.63) is 0 Å². The number of hydrogen-bond acceptors (Lipinski definition) is 4. The van der Waals surface area contributed by atoms with Crippen LogP contribution < -0.4 is 0 Å². The molecule has 4 nitrogen and oxygen atoms in total. The van der Waals surface area contributed by atoms with Crippen molar-refractivity contribution < 1.29 is 14.9 Å². The van der Waals surface area contributed by atoms with E-state index in [0.29, 0.717) is 6.42 Å². The first-order valence-electron chi connectivity index (χ1n) is 11.3. The zero-order valence-corrected chi connectivity index (χ0v) is 17.8. The molecule has 156 valence electrons. The van der Waals surface area contributed by atoms with Gasteiger partial charge in [-0.15, -0.1) is 0 Å². The van der Waals surface area contributed by atoms with Gasteiger partial charge in [0.2, 0.25) is 0 Å². The predicted molar refractivity (Wildman–Crippen MR) is 110 cm³/mol. The topological polar surface area (TPSA) is 49.8 Å². The molecule has 0 bridgehead atoms. The Balaban J connectivity index is 4.15. The number of hydrogen-bond donors (Lipinski definition) is 1. The van der Waals surface area contributed by atoms with E-state index < -0.39 is 5.97 Å². The Kier molecular flexibility index (Phi) is 18.7. The fraction of sp³-hybridized carbons (Fsp3) is 0.955. The Morgan fingerprint density at radius 1 is 0.731 bits per heavy atom. The molecule has 0 saturated carbocycles. The molecule has 26 heavy (non-hydrogen) atoms. The van der Waals surface area contributed by atoms with E-state index >= 15 is 0 Å². The molecule has 0 heterocycles. The molecule has 1 atom stereocenters. The van der Waals surface area contributed by atoms with E-state index in [-0.39, 0.29) is 6.04 Å². The van der Waals surface area contributed by atoms with Gasteiger partial charge in [0, 0.05) is 0 Å². The highest BCUT2D eigenvalue weighted by molar-refractivity contribution is 5.75. The number of carbonyl (C=O) groups is 1. The van der Waals surface area contributed by atoms with Crippen LogP contribution in [-0.2, 0) is 9.68 Å². The molecule has 0 aromatic heterocycles. The van der Waals surface area contributed by atoms with E-state index in [9.17, 15) is 4.79 Å². The van der Waals surface area contributed by atoms with E-state index in [1.54, 1.807) is 0 Å². The van der Waals surface area contributed by atoms with Crippen molar-refractivity contribution in [3.63, 3.8) is 0 Å². The minimum Gasteiger partial charge on any atom is -0.299 e. The Labute approximate surface area is 162 Å². The largest absolute Gasteiger partial charge is 0.358 e. The van der Waals surface area contributed by atoms with Crippen molar-refractivity contribution in [2.75, 3.05) is 13.1 Å². The van der Waals surface area contributed by atoms with E-state index in [2.05, 4.69) is 23.6 Å². The van der Waals surface area contributed by atoms with Crippen molar-refractivity contribution >= 4 is 5.97 Å². The molecule has 4 heteroatoms. The van der Waals surface area contributed by atoms with E-state index in [4.69, 9.17) is 5.26 Å². The Bertz CT molecular complexity index is 292. The van der Waals surface area contributed by atoms with Crippen LogP contribution >= 0.6 is 0 Å². The third-order valence-corrected chi connectivity index (χ3v) is 5.29. The molecular weight excluding hydrogens is 326 g/mol. The van der Waals surface area contributed by atoms with Gasteiger partial charge in [-0.25, -0.2) is 4.79 Å². The molecule has 0 rings (SSSR count). The fourth-order valence-electron chi connectivity index (χ4n) is 3.60. The van der Waals surface area contributed by atoms with Crippen LogP contribution in [0.2, 0.25) is 0 Å². The summed E-state index contributed by atoms with van der Waals surface area (Å²) in [4.78, 5) is 18.2. The van der Waals surface area contributed by atoms with Crippen molar-refractivity contribution in [3.8, 4) is 0 Å². The SMILES string of the molecule is CCCCCCCCCN(CCCCCCCCC)C(CC)C(=O)OO. The minimum absolute atomic E-state index is 0.305. The number of unbranched alkanes of at least 4 members (excludes halogenated alkanes) is 12. The van der Waals surface area contributed by atoms with Gasteiger partial charge >= 0.3 is 5.97 Å². The number of nitrogens with zero attached hydrogens (tertiary/aromatic N) is 1. The second-order valence-electron chi connectivity index (χ2n) is 7.61. The van der Waals surface area contributed by atoms with Crippen LogP contribution in [0.15, 0.2) is 0 Å². The van der Waals surface area contributed by atoms with Gasteiger partial charge in [0.25, 0.3) is 0 Å². The molecule has 0 aromatic carbocycles. The normalized spacial score (nSPS) is 12.5. The summed E-state index contributed by atoms with van der Waals surface area (Å²) in [6, 6.07) is -0.305. The van der Waals surface area contributed by atoms with Crippen molar-refractivity contribution in [2.45, 2.75) is 123 Å². The van der Waals surface area contributed by atoms with Crippen LogP contribution in [0, 0.1) is 0 Å². The maximum absolute atomic E-state index is 11.9. The molecule has 0 spiro atoms. The van der Waals surface area contributed by atoms with Gasteiger partial charge < -0.3 is 0 Å². The molecule has 0 aromatic rings. The zero-order valence-electron chi connectivity index (χ0n) is 17.8. The Hall–Kier alpha value is -0.610. The highest BCUT2D eigenvalue weighted by Crippen LogP contribution is 2.14. The minimum atomic E-state index is -0.501. The summed E-state index contributed by atoms with van der Waals surface area (Å²) in [5.74, 6) is -0.501. The monoisotopic (exact) mass is 371 g/mol. The molecule has 0 aliphatic carbocycles. The molecule has 0 aliphatic rings. The first-order valence-corrected chi connectivity index (χ1v) is 11.3. The predicted octanol–water partition coefficient (Wildman–Crippen LogP) is 6.58. The maximum Gasteiger partial charge on any atom is 0.358 e. The second kappa shape index (κ2) is 19.2. The molecule has 0 amide bonds. The lowest BCUT2D eigenvalue weighted by atomic mass is 10.1. The zero-order chi connectivity index (χ0) is 19.5. The summed E-state index contributed by atoms with van der Waals surface area (Å²) in [6.45, 7) is 8.33. The van der Waals surface area contributed by atoms with Gasteiger partial charge in [-0.05, 0) is 32.4 Å². The van der Waals surface area contributed by atoms with Crippen LogP contribution in [0.1, 0.15) is 117 Å². The molecule has 0 radical (unpaired) electrons. The maximum atomic E-state index is 11.9. The lowest BCUT2D eigenvalue weighted by molar-refractivity contribution is -0.239. The van der Waals surface area contributed by atoms with Gasteiger partial charge in [0.15, 0.2) is 0 Å². The summed E-state index contributed by atoms with van der Waals surface area (Å²) in [5.41, 5.74) is 0. The third kappa shape index (κ3) is 13.6. The average molecular weight is 372 g/mol. The van der Waals surface area contributed by atoms with Crippen LogP contribution in [0.3, 0.4) is 0 Å². The van der Waals surface area contributed by atoms with Gasteiger partial charge in [0.05, 0.1) is 0 Å². The fourth-order valence-corrected chi connectivity index (χ4v) is 3.60. The van der Waals surface area contributed by atoms with Crippen LogP contribution in [0.4, 0.5) is 0 Å². The molecular formula is C22H45NO3. The standard InChI is InChI=1S/C22H45NO3/c1-4-7-9-11-13-15-17-19-23(21(6-3)22(24)26-25)20-18-16-14-12-10-8-5-2/h21,25H,4-20H2,1-3H3. The summed E-state index contributed by atoms with van der Waals surface area (Å²) in [7, 11) is 0. The first kappa shape index (κ1) is 25.4. The van der Waals surface area contributed by atoms with Crippen molar-refractivity contribution in [1.29, 1.82) is 0 Å². The van der Waals surface area contributed by atoms with Crippen LogP contribution in [-0.4, -0.2) is 35.3 Å². The van der Waals surface area contributed by atoms with Crippen molar-refractivity contribution in [2.24, 2.45) is 0 Å². The summed E-state index contributed by atoms with van der Waals surface area (Å²) >= 11 is 0. The van der Waals surface area contributed by atoms with E-state index in [1.807, 2.05) is 6.92 Å². The second-order valence-corrected chi connectivity index (χ2v) is 7.61. The Morgan fingerprint density at radius 3 is 1.46 bits per heavy atom. The van der Waals surface area contributed by atoms with Crippen LogP contribution in [0.5, 0.6) is 0 Å². The van der Waals surface area contributed by atoms with Gasteiger partial charge in [-0.2, -0.15) is 5.26 Å². The quantitative estimate of drug-likeness (QED) is 0.158. The summed E-state index contributed by atoms with van der Waals surface area (Å²) < 4.78 is 0. The van der Waals surface area contributed by atoms with Gasteiger partial charge in [0.1, 0.15) is 6.04 Å². The highest BCUT2D eigenvalue weighted by atomic mass is 17.1. The molecule has 1 unspecified atom stereocenters. The third-order valence-electron chi connectivity index (χ3n) is 5.29. The number of carbonyl (C=O) groups excluding carboxylic acids is 1. The van der Waals surface area contributed by atoms with Gasteiger partial charge in [-0.1, -0.05) is 97.8 Å². The van der Waals surface area contributed by atoms with Crippen LogP contribution in [0.25, 0.3) is 0 Å². The smallest absolute Gasteiger partial charge is 0.299 e. The molecule has 0 aliphatic heterocycles. The van der Waals surface area contributed by atoms with Gasteiger partial charge in [-0.3, -0.25) is 9.79 Å². The van der Waals surface area contributed by atoms with Crippen molar-refractivity contribution in [1.82, 2.24) is 4.90 Å². The lowest BCUT2D eigenvalue weighted by Gasteiger charge is -2.28. The number of rotatable bonds is 19. The molecule has 0 fully saturated rings. The van der Waals surface area contributed by atoms with E-state index in [0.717, 1.165) is 25.9 Å². The highest BCUT2D eigenvalue weighted by Gasteiger charge is 2.25. The first-order chi connectivity index (χ1) is 12.7. The average Bonchev–Trinajstić information content (AvgIpc) is 2.66. The summed E-state index contributed by atoms with van der Waals surface area (Å²) in [6.07, 6.45) is 18.5. The molecule has 1 N–H and O–H groups in total. The lowest BCUT2D eigenvalue weighted by Crippen LogP contribution is -2.42.